The van der Waals surface area contributed by atoms with Crippen molar-refractivity contribution in [1.82, 2.24) is 0 Å². The second-order valence-corrected chi connectivity index (χ2v) is 2.53. The average Bonchev–Trinajstić information content (AvgIpc) is 2.12. The van der Waals surface area contributed by atoms with E-state index in [-0.39, 0.29) is 24.8 Å². The maximum Gasteiger partial charge on any atom is 0.138 e. The highest BCUT2D eigenvalue weighted by molar-refractivity contribution is 5.85. The van der Waals surface area contributed by atoms with Crippen molar-refractivity contribution in [2.75, 3.05) is 6.61 Å². The molecular formula is C6H16Cl2N2O4. The fourth-order valence-electron chi connectivity index (χ4n) is 0.683. The molecule has 0 fully saturated rings. The van der Waals surface area contributed by atoms with Gasteiger partial charge in [0, 0.05) is 0 Å². The van der Waals surface area contributed by atoms with Gasteiger partial charge in [-0.15, -0.1) is 24.8 Å². The van der Waals surface area contributed by atoms with Gasteiger partial charge >= 0.3 is 0 Å². The summed E-state index contributed by atoms with van der Waals surface area (Å²) in [6.07, 6.45) is -2.39. The van der Waals surface area contributed by atoms with Crippen molar-refractivity contribution in [1.29, 1.82) is 0 Å². The number of rotatable bonds is 5. The molecule has 0 spiro atoms. The van der Waals surface area contributed by atoms with E-state index in [4.69, 9.17) is 26.8 Å². The van der Waals surface area contributed by atoms with Crippen LogP contribution in [0.2, 0.25) is 0 Å². The number of halogens is 2. The summed E-state index contributed by atoms with van der Waals surface area (Å²) in [5, 5.41) is 26.4. The zero-order valence-electron chi connectivity index (χ0n) is 7.31. The first kappa shape index (κ1) is 19.6. The summed E-state index contributed by atoms with van der Waals surface area (Å²) in [7, 11) is 0. The maximum absolute atomic E-state index is 10.1. The largest absolute Gasteiger partial charge is 0.394 e. The maximum atomic E-state index is 10.1. The summed E-state index contributed by atoms with van der Waals surface area (Å²) in [6, 6.07) is -2.11. The van der Waals surface area contributed by atoms with Crippen molar-refractivity contribution in [3.05, 3.63) is 0 Å². The number of hydrogen-bond donors (Lipinski definition) is 5. The second-order valence-electron chi connectivity index (χ2n) is 2.53. The fraction of sp³-hybridized carbons (Fsp3) is 0.833. The third-order valence-corrected chi connectivity index (χ3v) is 1.58. The van der Waals surface area contributed by atoms with Crippen molar-refractivity contribution in [3.8, 4) is 0 Å². The molecular weight excluding hydrogens is 235 g/mol. The zero-order chi connectivity index (χ0) is 9.72. The first-order valence-corrected chi connectivity index (χ1v) is 3.48. The first-order chi connectivity index (χ1) is 5.54. The van der Waals surface area contributed by atoms with E-state index in [0.29, 0.717) is 6.29 Å². The molecule has 0 aliphatic heterocycles. The van der Waals surface area contributed by atoms with Crippen LogP contribution >= 0.6 is 24.8 Å². The molecule has 0 aromatic carbocycles. The lowest BCUT2D eigenvalue weighted by Gasteiger charge is -2.24. The molecule has 7 N–H and O–H groups in total. The van der Waals surface area contributed by atoms with Crippen molar-refractivity contribution >= 4 is 31.1 Å². The predicted molar refractivity (Wildman–Crippen MR) is 55.6 cm³/mol. The molecule has 0 radical (unpaired) electrons. The van der Waals surface area contributed by atoms with Crippen LogP contribution in [0.4, 0.5) is 0 Å². The van der Waals surface area contributed by atoms with E-state index >= 15 is 0 Å². The minimum atomic E-state index is -1.39. The van der Waals surface area contributed by atoms with Gasteiger partial charge in [0.15, 0.2) is 0 Å². The van der Waals surface area contributed by atoms with Crippen molar-refractivity contribution in [2.45, 2.75) is 24.3 Å². The summed E-state index contributed by atoms with van der Waals surface area (Å²) >= 11 is 0. The summed E-state index contributed by atoms with van der Waals surface area (Å²) in [6.45, 7) is -0.625. The van der Waals surface area contributed by atoms with Crippen LogP contribution in [0.25, 0.3) is 0 Å². The molecule has 0 unspecified atom stereocenters. The molecule has 0 bridgehead atoms. The Balaban J connectivity index is -0.000000605. The van der Waals surface area contributed by atoms with Crippen molar-refractivity contribution < 1.29 is 20.1 Å². The van der Waals surface area contributed by atoms with Crippen molar-refractivity contribution in [3.63, 3.8) is 0 Å². The molecule has 4 atom stereocenters. The molecule has 0 saturated carbocycles. The molecule has 0 aliphatic rings. The van der Waals surface area contributed by atoms with Gasteiger partial charge in [0.2, 0.25) is 0 Å². The Bertz CT molecular complexity index is 152. The molecule has 0 amide bonds. The van der Waals surface area contributed by atoms with Crippen LogP contribution in [0.3, 0.4) is 0 Å². The molecule has 14 heavy (non-hydrogen) atoms. The van der Waals surface area contributed by atoms with Gasteiger partial charge in [-0.2, -0.15) is 0 Å². The smallest absolute Gasteiger partial charge is 0.138 e. The van der Waals surface area contributed by atoms with E-state index in [2.05, 4.69) is 0 Å². The van der Waals surface area contributed by atoms with Crippen molar-refractivity contribution in [2.24, 2.45) is 11.5 Å². The normalized spacial score (nSPS) is 18.1. The SMILES string of the molecule is Cl.Cl.N[C@H]([C@H](O)[C@H](O)CO)[C@H](N)C=O. The van der Waals surface area contributed by atoms with Gasteiger partial charge in [0.25, 0.3) is 0 Å². The highest BCUT2D eigenvalue weighted by atomic mass is 35.5. The summed E-state index contributed by atoms with van der Waals surface area (Å²) in [4.78, 5) is 10.1. The van der Waals surface area contributed by atoms with E-state index in [9.17, 15) is 4.79 Å². The van der Waals surface area contributed by atoms with Crippen LogP contribution < -0.4 is 11.5 Å². The van der Waals surface area contributed by atoms with E-state index in [0.717, 1.165) is 0 Å². The van der Waals surface area contributed by atoms with Gasteiger partial charge in [-0.3, -0.25) is 0 Å². The number of hydrogen-bond acceptors (Lipinski definition) is 6. The highest BCUT2D eigenvalue weighted by Gasteiger charge is 2.27. The van der Waals surface area contributed by atoms with Gasteiger partial charge < -0.3 is 31.6 Å². The molecule has 6 nitrogen and oxygen atoms in total. The predicted octanol–water partition coefficient (Wildman–Crippen LogP) is -2.60. The van der Waals surface area contributed by atoms with Crippen LogP contribution in [0.1, 0.15) is 0 Å². The van der Waals surface area contributed by atoms with Gasteiger partial charge in [0.05, 0.1) is 24.8 Å². The molecule has 0 aromatic heterocycles. The van der Waals surface area contributed by atoms with Crippen LogP contribution in [0.15, 0.2) is 0 Å². The Kier molecular flexibility index (Phi) is 13.4. The highest BCUT2D eigenvalue weighted by Crippen LogP contribution is 1.99. The first-order valence-electron chi connectivity index (χ1n) is 3.48. The number of carbonyl (C=O) groups is 1. The van der Waals surface area contributed by atoms with Gasteiger partial charge in [-0.05, 0) is 0 Å². The van der Waals surface area contributed by atoms with E-state index in [1.807, 2.05) is 0 Å². The second kappa shape index (κ2) is 9.60. The summed E-state index contributed by atoms with van der Waals surface area (Å²) < 4.78 is 0. The van der Waals surface area contributed by atoms with Gasteiger partial charge in [-0.1, -0.05) is 0 Å². The quantitative estimate of drug-likeness (QED) is 0.340. The minimum absolute atomic E-state index is 0. The average molecular weight is 251 g/mol. The number of aliphatic hydroxyl groups excluding tert-OH is 3. The minimum Gasteiger partial charge on any atom is -0.394 e. The van der Waals surface area contributed by atoms with E-state index in [1.165, 1.54) is 0 Å². The van der Waals surface area contributed by atoms with Gasteiger partial charge in [0.1, 0.15) is 12.4 Å². The van der Waals surface area contributed by atoms with E-state index < -0.39 is 30.9 Å². The zero-order valence-corrected chi connectivity index (χ0v) is 8.95. The Hall–Kier alpha value is 0.0500. The van der Waals surface area contributed by atoms with Crippen LogP contribution in [0, 0.1) is 0 Å². The van der Waals surface area contributed by atoms with Crippen LogP contribution in [-0.2, 0) is 4.79 Å². The number of nitrogens with two attached hydrogens (primary N) is 2. The Morgan fingerprint density at radius 2 is 1.64 bits per heavy atom. The lowest BCUT2D eigenvalue weighted by atomic mass is 10.0. The summed E-state index contributed by atoms with van der Waals surface area (Å²) in [5.74, 6) is 0. The van der Waals surface area contributed by atoms with Crippen LogP contribution in [-0.4, -0.2) is 52.5 Å². The monoisotopic (exact) mass is 250 g/mol. The molecule has 0 saturated heterocycles. The fourth-order valence-corrected chi connectivity index (χ4v) is 0.683. The standard InChI is InChI=1S/C6H14N2O4.2ClH/c7-3(1-9)5(8)6(12)4(11)2-10;;/h1,3-6,10-12H,2,7-8H2;2*1H/t3-,4-,5+,6-;;/m1../s1. The Labute approximate surface area is 94.1 Å². The lowest BCUT2D eigenvalue weighted by Crippen LogP contribution is -2.55. The summed E-state index contributed by atoms with van der Waals surface area (Å²) in [5.41, 5.74) is 10.4. The van der Waals surface area contributed by atoms with Gasteiger partial charge in [-0.25, -0.2) is 0 Å². The number of aliphatic hydroxyl groups is 3. The molecule has 0 aliphatic carbocycles. The lowest BCUT2D eigenvalue weighted by molar-refractivity contribution is -0.110. The molecule has 0 heterocycles. The Morgan fingerprint density at radius 3 is 1.93 bits per heavy atom. The van der Waals surface area contributed by atoms with E-state index in [1.54, 1.807) is 0 Å². The molecule has 8 heteroatoms. The Morgan fingerprint density at radius 1 is 1.21 bits per heavy atom. The topological polar surface area (TPSA) is 130 Å². The molecule has 0 aromatic rings. The third kappa shape index (κ3) is 5.71. The molecule has 88 valence electrons. The van der Waals surface area contributed by atoms with Crippen LogP contribution in [0.5, 0.6) is 0 Å². The number of aldehydes is 1. The molecule has 0 rings (SSSR count). The number of carbonyl (C=O) groups excluding carboxylic acids is 1. The third-order valence-electron chi connectivity index (χ3n) is 1.58.